The highest BCUT2D eigenvalue weighted by Gasteiger charge is 2.61. The third-order valence-corrected chi connectivity index (χ3v) is 2.21. The normalized spacial score (nSPS) is 14.9. The lowest BCUT2D eigenvalue weighted by molar-refractivity contribution is -0.291. The van der Waals surface area contributed by atoms with Crippen molar-refractivity contribution in [2.45, 2.75) is 25.1 Å². The Morgan fingerprint density at radius 1 is 1.00 bits per heavy atom. The quantitative estimate of drug-likeness (QED) is 0.788. The number of alkyl halides is 5. The van der Waals surface area contributed by atoms with Gasteiger partial charge in [0.1, 0.15) is 6.04 Å². The largest absolute Gasteiger partial charge is 0.455 e. The van der Waals surface area contributed by atoms with Crippen LogP contribution in [0.3, 0.4) is 0 Å². The molecule has 0 saturated heterocycles. The number of rotatable bonds is 2. The molecule has 16 heavy (non-hydrogen) atoms. The first-order valence-corrected chi connectivity index (χ1v) is 4.43. The van der Waals surface area contributed by atoms with Gasteiger partial charge in [-0.05, 0) is 12.5 Å². The third-order valence-electron chi connectivity index (χ3n) is 2.21. The van der Waals surface area contributed by atoms with Gasteiger partial charge in [-0.2, -0.15) is 22.0 Å². The van der Waals surface area contributed by atoms with Crippen molar-refractivity contribution in [3.63, 3.8) is 0 Å². The zero-order chi connectivity index (χ0) is 12.6. The number of benzene rings is 1. The summed E-state index contributed by atoms with van der Waals surface area (Å²) >= 11 is 0. The van der Waals surface area contributed by atoms with Gasteiger partial charge in [-0.25, -0.2) is 0 Å². The summed E-state index contributed by atoms with van der Waals surface area (Å²) in [6, 6.07) is 2.82. The van der Waals surface area contributed by atoms with Gasteiger partial charge in [0, 0.05) is 0 Å². The summed E-state index contributed by atoms with van der Waals surface area (Å²) in [6.07, 6.45) is -5.64. The van der Waals surface area contributed by atoms with Crippen LogP contribution in [0, 0.1) is 6.92 Å². The molecule has 1 unspecified atom stereocenters. The highest BCUT2D eigenvalue weighted by atomic mass is 19.4. The zero-order valence-electron chi connectivity index (χ0n) is 8.35. The van der Waals surface area contributed by atoms with Gasteiger partial charge < -0.3 is 5.73 Å². The Bertz CT molecular complexity index is 354. The van der Waals surface area contributed by atoms with E-state index < -0.39 is 18.1 Å². The van der Waals surface area contributed by atoms with Crippen LogP contribution in [-0.2, 0) is 0 Å². The molecular weight excluding hydrogens is 229 g/mol. The summed E-state index contributed by atoms with van der Waals surface area (Å²) in [5, 5.41) is 0. The Morgan fingerprint density at radius 3 is 1.81 bits per heavy atom. The van der Waals surface area contributed by atoms with Gasteiger partial charge >= 0.3 is 12.1 Å². The Morgan fingerprint density at radius 2 is 1.44 bits per heavy atom. The van der Waals surface area contributed by atoms with Gasteiger partial charge in [0.15, 0.2) is 0 Å². The highest BCUT2D eigenvalue weighted by molar-refractivity contribution is 5.25. The summed E-state index contributed by atoms with van der Waals surface area (Å²) in [6.45, 7) is 1.69. The van der Waals surface area contributed by atoms with E-state index in [4.69, 9.17) is 5.73 Å². The Labute approximate surface area is 89.1 Å². The minimum absolute atomic E-state index is 0.243. The summed E-state index contributed by atoms with van der Waals surface area (Å²) in [5.41, 5.74) is 5.45. The van der Waals surface area contributed by atoms with Crippen LogP contribution in [-0.4, -0.2) is 12.1 Å². The van der Waals surface area contributed by atoms with Gasteiger partial charge in [0.25, 0.3) is 0 Å². The van der Waals surface area contributed by atoms with Crippen molar-refractivity contribution in [3.05, 3.63) is 35.4 Å². The average Bonchev–Trinajstić information content (AvgIpc) is 2.16. The molecule has 1 aromatic carbocycles. The molecule has 1 rings (SSSR count). The molecule has 0 saturated carbocycles. The summed E-state index contributed by atoms with van der Waals surface area (Å²) in [5.74, 6) is -4.93. The van der Waals surface area contributed by atoms with Crippen molar-refractivity contribution < 1.29 is 22.0 Å². The van der Waals surface area contributed by atoms with Crippen molar-refractivity contribution in [3.8, 4) is 0 Å². The van der Waals surface area contributed by atoms with Crippen LogP contribution in [0.2, 0.25) is 0 Å². The minimum atomic E-state index is -5.64. The van der Waals surface area contributed by atoms with Crippen LogP contribution in [0.15, 0.2) is 24.3 Å². The second-order valence-corrected chi connectivity index (χ2v) is 3.51. The fourth-order valence-corrected chi connectivity index (χ4v) is 1.16. The van der Waals surface area contributed by atoms with E-state index in [1.165, 1.54) is 24.3 Å². The second kappa shape index (κ2) is 4.01. The standard InChI is InChI=1S/C10H10F5N/c1-6-2-4-7(5-3-6)8(16)9(11,12)10(13,14)15/h2-5,8H,16H2,1H3. The predicted molar refractivity (Wildman–Crippen MR) is 49.1 cm³/mol. The van der Waals surface area contributed by atoms with Crippen molar-refractivity contribution in [1.82, 2.24) is 0 Å². The van der Waals surface area contributed by atoms with E-state index in [-0.39, 0.29) is 5.56 Å². The number of halogens is 5. The molecule has 0 heterocycles. The van der Waals surface area contributed by atoms with Gasteiger partial charge in [0.05, 0.1) is 0 Å². The first-order valence-electron chi connectivity index (χ1n) is 4.43. The topological polar surface area (TPSA) is 26.0 Å². The smallest absolute Gasteiger partial charge is 0.319 e. The van der Waals surface area contributed by atoms with Crippen LogP contribution in [0.5, 0.6) is 0 Å². The molecule has 0 bridgehead atoms. The Hall–Kier alpha value is -1.17. The third kappa shape index (κ3) is 2.32. The molecule has 0 amide bonds. The molecule has 0 aliphatic rings. The average molecular weight is 239 g/mol. The highest BCUT2D eigenvalue weighted by Crippen LogP contribution is 2.43. The summed E-state index contributed by atoms with van der Waals surface area (Å²) in [7, 11) is 0. The molecule has 0 spiro atoms. The van der Waals surface area contributed by atoms with Crippen LogP contribution < -0.4 is 5.73 Å². The number of aryl methyl sites for hydroxylation is 1. The number of hydrogen-bond donors (Lipinski definition) is 1. The van der Waals surface area contributed by atoms with E-state index in [9.17, 15) is 22.0 Å². The Kier molecular flexibility index (Phi) is 3.23. The van der Waals surface area contributed by atoms with E-state index >= 15 is 0 Å². The van der Waals surface area contributed by atoms with E-state index in [1.807, 2.05) is 0 Å². The van der Waals surface area contributed by atoms with Crippen LogP contribution in [0.1, 0.15) is 17.2 Å². The van der Waals surface area contributed by atoms with Crippen LogP contribution in [0.25, 0.3) is 0 Å². The zero-order valence-corrected chi connectivity index (χ0v) is 8.35. The first kappa shape index (κ1) is 12.9. The fraction of sp³-hybridized carbons (Fsp3) is 0.400. The lowest BCUT2D eigenvalue weighted by Crippen LogP contribution is -2.45. The second-order valence-electron chi connectivity index (χ2n) is 3.51. The molecule has 0 aliphatic carbocycles. The Balaban J connectivity index is 3.02. The van der Waals surface area contributed by atoms with Crippen molar-refractivity contribution in [1.29, 1.82) is 0 Å². The van der Waals surface area contributed by atoms with Crippen LogP contribution in [0.4, 0.5) is 22.0 Å². The van der Waals surface area contributed by atoms with Crippen LogP contribution >= 0.6 is 0 Å². The number of hydrogen-bond acceptors (Lipinski definition) is 1. The maximum absolute atomic E-state index is 12.9. The lowest BCUT2D eigenvalue weighted by atomic mass is 10.00. The van der Waals surface area contributed by atoms with Crippen molar-refractivity contribution in [2.24, 2.45) is 5.73 Å². The van der Waals surface area contributed by atoms with Gasteiger partial charge in [-0.15, -0.1) is 0 Å². The molecule has 6 heteroatoms. The fourth-order valence-electron chi connectivity index (χ4n) is 1.16. The van der Waals surface area contributed by atoms with Gasteiger partial charge in [-0.3, -0.25) is 0 Å². The molecule has 1 atom stereocenters. The molecule has 2 N–H and O–H groups in total. The summed E-state index contributed by atoms with van der Waals surface area (Å²) < 4.78 is 61.8. The molecular formula is C10H10F5N. The van der Waals surface area contributed by atoms with Gasteiger partial charge in [-0.1, -0.05) is 29.8 Å². The van der Waals surface area contributed by atoms with Crippen molar-refractivity contribution >= 4 is 0 Å². The molecule has 1 aromatic rings. The maximum Gasteiger partial charge on any atom is 0.455 e. The maximum atomic E-state index is 12.9. The van der Waals surface area contributed by atoms with E-state index in [0.29, 0.717) is 0 Å². The molecule has 0 radical (unpaired) electrons. The van der Waals surface area contributed by atoms with Crippen molar-refractivity contribution in [2.75, 3.05) is 0 Å². The molecule has 0 aliphatic heterocycles. The van der Waals surface area contributed by atoms with Gasteiger partial charge in [0.2, 0.25) is 0 Å². The molecule has 0 aromatic heterocycles. The van der Waals surface area contributed by atoms with E-state index in [2.05, 4.69) is 0 Å². The molecule has 0 fully saturated rings. The van der Waals surface area contributed by atoms with E-state index in [1.54, 1.807) is 6.92 Å². The molecule has 90 valence electrons. The lowest BCUT2D eigenvalue weighted by Gasteiger charge is -2.25. The SMILES string of the molecule is Cc1ccc(C(N)C(F)(F)C(F)(F)F)cc1. The van der Waals surface area contributed by atoms with E-state index in [0.717, 1.165) is 5.56 Å². The monoisotopic (exact) mass is 239 g/mol. The number of nitrogens with two attached hydrogens (primary N) is 1. The molecule has 1 nitrogen and oxygen atoms in total. The predicted octanol–water partition coefficient (Wildman–Crippen LogP) is 3.19. The first-order chi connectivity index (χ1) is 7.16. The minimum Gasteiger partial charge on any atom is -0.319 e. The summed E-state index contributed by atoms with van der Waals surface area (Å²) in [4.78, 5) is 0.